The van der Waals surface area contributed by atoms with Gasteiger partial charge in [-0.15, -0.1) is 0 Å². The number of nitrogens with one attached hydrogen (secondary N) is 1. The molecule has 1 aliphatic heterocycles. The molecule has 1 atom stereocenters. The van der Waals surface area contributed by atoms with Gasteiger partial charge in [-0.2, -0.15) is 0 Å². The van der Waals surface area contributed by atoms with Gasteiger partial charge in [-0.1, -0.05) is 44.0 Å². The first-order valence-corrected chi connectivity index (χ1v) is 14.7. The summed E-state index contributed by atoms with van der Waals surface area (Å²) in [5.41, 5.74) is 1.68. The van der Waals surface area contributed by atoms with E-state index in [0.717, 1.165) is 48.9 Å². The Bertz CT molecular complexity index is 873. The highest BCUT2D eigenvalue weighted by atomic mass is 35.5. The number of fused-ring (bicyclic) bond motifs is 1. The van der Waals surface area contributed by atoms with E-state index in [-0.39, 0.29) is 11.3 Å². The number of aromatic nitrogens is 1. The summed E-state index contributed by atoms with van der Waals surface area (Å²) < 4.78 is 23.8. The van der Waals surface area contributed by atoms with Crippen molar-refractivity contribution in [2.24, 2.45) is 0 Å². The van der Waals surface area contributed by atoms with Crippen LogP contribution in [-0.4, -0.2) is 39.4 Å². The Morgan fingerprint density at radius 2 is 1.94 bits per heavy atom. The van der Waals surface area contributed by atoms with Gasteiger partial charge in [0.1, 0.15) is 5.75 Å². The van der Waals surface area contributed by atoms with Crippen molar-refractivity contribution in [2.75, 3.05) is 19.8 Å². The molecule has 1 N–H and O–H groups in total. The topological polar surface area (TPSA) is 52.7 Å². The molecule has 0 bridgehead atoms. The monoisotopic (exact) mass is 487 g/mol. The number of ether oxygens (including phenoxy) is 3. The molecular weight excluding hydrogens is 453 g/mol. The van der Waals surface area contributed by atoms with Gasteiger partial charge in [0.25, 0.3) is 0 Å². The maximum Gasteiger partial charge on any atom is 0.191 e. The minimum absolute atomic E-state index is 0.143. The van der Waals surface area contributed by atoms with Crippen LogP contribution in [0.5, 0.6) is 5.75 Å². The summed E-state index contributed by atoms with van der Waals surface area (Å²) in [5, 5.41) is 2.07. The molecule has 2 aromatic rings. The maximum atomic E-state index is 6.44. The van der Waals surface area contributed by atoms with E-state index in [9.17, 15) is 0 Å². The second kappa shape index (κ2) is 10.4. The van der Waals surface area contributed by atoms with E-state index < -0.39 is 8.32 Å². The van der Waals surface area contributed by atoms with Crippen LogP contribution in [0.2, 0.25) is 28.2 Å². The Balaban J connectivity index is 1.60. The van der Waals surface area contributed by atoms with Gasteiger partial charge in [-0.25, -0.2) is 0 Å². The van der Waals surface area contributed by atoms with Crippen LogP contribution in [-0.2, 0) is 20.5 Å². The van der Waals surface area contributed by atoms with Crippen LogP contribution in [0.15, 0.2) is 12.1 Å². The standard InChI is InChI=1S/C23H35Cl2NO4Si/c1-23(2,3)31(4,5)30-12-8-11-27-19-14-18(24)21(25)22-17(19)13-16(26-22)15-29-20-9-6-7-10-28-20/h13-14,20,26H,6-12,15H2,1-5H3. The third-order valence-electron chi connectivity index (χ3n) is 6.20. The van der Waals surface area contributed by atoms with Crippen LogP contribution in [0.3, 0.4) is 0 Å². The van der Waals surface area contributed by atoms with Gasteiger partial charge in [0, 0.05) is 36.8 Å². The SMILES string of the molecule is CC(C)(C)[Si](C)(C)OCCCOc1cc(Cl)c(Cl)c2[nH]c(COC3CCCCO3)cc12. The van der Waals surface area contributed by atoms with Gasteiger partial charge in [0.05, 0.1) is 28.8 Å². The Labute approximate surface area is 196 Å². The number of benzene rings is 1. The van der Waals surface area contributed by atoms with Crippen LogP contribution in [0, 0.1) is 0 Å². The number of hydrogen-bond donors (Lipinski definition) is 1. The Morgan fingerprint density at radius 3 is 2.61 bits per heavy atom. The zero-order valence-corrected chi connectivity index (χ0v) is 21.8. The number of H-pyrrole nitrogens is 1. The van der Waals surface area contributed by atoms with Crippen molar-refractivity contribution < 1.29 is 18.6 Å². The highest BCUT2D eigenvalue weighted by Crippen LogP contribution is 2.38. The molecule has 1 saturated heterocycles. The van der Waals surface area contributed by atoms with E-state index in [0.29, 0.717) is 35.6 Å². The van der Waals surface area contributed by atoms with Crippen molar-refractivity contribution in [1.29, 1.82) is 0 Å². The summed E-state index contributed by atoms with van der Waals surface area (Å²) in [6, 6.07) is 3.80. The molecule has 8 heteroatoms. The van der Waals surface area contributed by atoms with Crippen molar-refractivity contribution >= 4 is 42.4 Å². The first-order chi connectivity index (χ1) is 14.6. The summed E-state index contributed by atoms with van der Waals surface area (Å²) >= 11 is 12.8. The third-order valence-corrected chi connectivity index (χ3v) is 11.5. The predicted octanol–water partition coefficient (Wildman–Crippen LogP) is 7.31. The number of hydrogen-bond acceptors (Lipinski definition) is 4. The average molecular weight is 489 g/mol. The van der Waals surface area contributed by atoms with Crippen LogP contribution < -0.4 is 4.74 Å². The van der Waals surface area contributed by atoms with Crippen LogP contribution in [0.25, 0.3) is 10.9 Å². The lowest BCUT2D eigenvalue weighted by Gasteiger charge is -2.36. The second-order valence-electron chi connectivity index (χ2n) is 9.67. The molecule has 0 aliphatic carbocycles. The number of aromatic amines is 1. The van der Waals surface area contributed by atoms with Crippen LogP contribution >= 0.6 is 23.2 Å². The Kier molecular flexibility index (Phi) is 8.38. The highest BCUT2D eigenvalue weighted by Gasteiger charge is 2.36. The molecule has 1 fully saturated rings. The van der Waals surface area contributed by atoms with Crippen molar-refractivity contribution in [3.63, 3.8) is 0 Å². The molecule has 0 radical (unpaired) electrons. The first-order valence-electron chi connectivity index (χ1n) is 11.1. The normalized spacial score (nSPS) is 18.0. The van der Waals surface area contributed by atoms with E-state index in [1.54, 1.807) is 6.07 Å². The molecule has 0 saturated carbocycles. The predicted molar refractivity (Wildman–Crippen MR) is 130 cm³/mol. The smallest absolute Gasteiger partial charge is 0.191 e. The van der Waals surface area contributed by atoms with Crippen molar-refractivity contribution in [1.82, 2.24) is 4.98 Å². The minimum atomic E-state index is -1.74. The molecule has 31 heavy (non-hydrogen) atoms. The quantitative estimate of drug-likeness (QED) is 0.297. The van der Waals surface area contributed by atoms with Crippen LogP contribution in [0.1, 0.15) is 52.1 Å². The van der Waals surface area contributed by atoms with Gasteiger partial charge in [0.2, 0.25) is 0 Å². The van der Waals surface area contributed by atoms with E-state index in [4.69, 9.17) is 41.8 Å². The molecule has 1 aromatic heterocycles. The minimum Gasteiger partial charge on any atom is -0.493 e. The van der Waals surface area contributed by atoms with E-state index in [2.05, 4.69) is 38.8 Å². The molecule has 5 nitrogen and oxygen atoms in total. The zero-order chi connectivity index (χ0) is 22.6. The van der Waals surface area contributed by atoms with Crippen molar-refractivity contribution in [2.45, 2.75) is 77.5 Å². The lowest BCUT2D eigenvalue weighted by Crippen LogP contribution is -2.41. The summed E-state index contributed by atoms with van der Waals surface area (Å²) in [4.78, 5) is 3.33. The summed E-state index contributed by atoms with van der Waals surface area (Å²) in [7, 11) is -1.74. The third kappa shape index (κ3) is 6.40. The van der Waals surface area contributed by atoms with E-state index in [1.807, 2.05) is 6.07 Å². The second-order valence-corrected chi connectivity index (χ2v) is 15.3. The van der Waals surface area contributed by atoms with Crippen LogP contribution in [0.4, 0.5) is 0 Å². The lowest BCUT2D eigenvalue weighted by atomic mass is 10.2. The number of halogens is 2. The highest BCUT2D eigenvalue weighted by molar-refractivity contribution is 6.74. The summed E-state index contributed by atoms with van der Waals surface area (Å²) in [6.45, 7) is 13.7. The molecule has 1 unspecified atom stereocenters. The average Bonchev–Trinajstić information content (AvgIpc) is 3.14. The van der Waals surface area contributed by atoms with Gasteiger partial charge in [0.15, 0.2) is 14.6 Å². The fraction of sp³-hybridized carbons (Fsp3) is 0.652. The van der Waals surface area contributed by atoms with Gasteiger partial charge >= 0.3 is 0 Å². The summed E-state index contributed by atoms with van der Waals surface area (Å²) in [6.07, 6.45) is 3.83. The Hall–Kier alpha value is -0.763. The Morgan fingerprint density at radius 1 is 1.16 bits per heavy atom. The molecular formula is C23H35Cl2NO4Si. The van der Waals surface area contributed by atoms with E-state index in [1.165, 1.54) is 0 Å². The largest absolute Gasteiger partial charge is 0.493 e. The molecule has 0 amide bonds. The number of rotatable bonds is 9. The molecule has 3 rings (SSSR count). The molecule has 0 spiro atoms. The van der Waals surface area contributed by atoms with Gasteiger partial charge < -0.3 is 23.6 Å². The molecule has 2 heterocycles. The molecule has 1 aromatic carbocycles. The first kappa shape index (κ1) is 24.9. The summed E-state index contributed by atoms with van der Waals surface area (Å²) in [5.74, 6) is 0.716. The zero-order valence-electron chi connectivity index (χ0n) is 19.3. The molecule has 1 aliphatic rings. The fourth-order valence-corrected chi connectivity index (χ4v) is 4.75. The van der Waals surface area contributed by atoms with Crippen molar-refractivity contribution in [3.05, 3.63) is 27.9 Å². The van der Waals surface area contributed by atoms with Gasteiger partial charge in [-0.3, -0.25) is 0 Å². The van der Waals surface area contributed by atoms with E-state index >= 15 is 0 Å². The molecule has 174 valence electrons. The maximum absolute atomic E-state index is 6.44. The fourth-order valence-electron chi connectivity index (χ4n) is 3.26. The van der Waals surface area contributed by atoms with Gasteiger partial charge in [-0.05, 0) is 43.5 Å². The van der Waals surface area contributed by atoms with Crippen molar-refractivity contribution in [3.8, 4) is 5.75 Å². The lowest BCUT2D eigenvalue weighted by molar-refractivity contribution is -0.169.